The summed E-state index contributed by atoms with van der Waals surface area (Å²) in [6, 6.07) is 18.7. The molecule has 0 bridgehead atoms. The van der Waals surface area contributed by atoms with Crippen molar-refractivity contribution in [3.8, 4) is 22.6 Å². The highest BCUT2D eigenvalue weighted by molar-refractivity contribution is 5.78. The van der Waals surface area contributed by atoms with Crippen LogP contribution in [0.1, 0.15) is 51.3 Å². The monoisotopic (exact) mass is 448 g/mol. The van der Waals surface area contributed by atoms with Gasteiger partial charge in [0.15, 0.2) is 0 Å². The molecule has 0 N–H and O–H groups in total. The summed E-state index contributed by atoms with van der Waals surface area (Å²) in [4.78, 5) is 11.5. The molecule has 0 aliphatic heterocycles. The molecule has 0 aliphatic carbocycles. The molecule has 0 fully saturated rings. The number of rotatable bonds is 8. The zero-order valence-corrected chi connectivity index (χ0v) is 20.4. The van der Waals surface area contributed by atoms with E-state index in [1.54, 1.807) is 26.2 Å². The number of halogens is 1. The van der Waals surface area contributed by atoms with Gasteiger partial charge in [-0.25, -0.2) is 4.39 Å². The summed E-state index contributed by atoms with van der Waals surface area (Å²) in [5, 5.41) is 0. The molecule has 0 saturated carbocycles. The molecule has 0 aromatic heterocycles. The molecule has 3 rings (SSSR count). The van der Waals surface area contributed by atoms with Gasteiger partial charge in [0.25, 0.3) is 0 Å². The Morgan fingerprint density at radius 2 is 1.55 bits per heavy atom. The van der Waals surface area contributed by atoms with Gasteiger partial charge >= 0.3 is 0 Å². The number of hydrogen-bond donors (Lipinski definition) is 0. The Morgan fingerprint density at radius 3 is 2.15 bits per heavy atom. The summed E-state index contributed by atoms with van der Waals surface area (Å²) < 4.78 is 26.1. The zero-order chi connectivity index (χ0) is 24.2. The number of benzene rings is 3. The Kier molecular flexibility index (Phi) is 7.57. The molecule has 3 aromatic carbocycles. The van der Waals surface area contributed by atoms with Gasteiger partial charge in [0.1, 0.15) is 29.7 Å². The van der Waals surface area contributed by atoms with Crippen LogP contribution < -0.4 is 9.47 Å². The molecule has 1 atom stereocenters. The Balaban J connectivity index is 1.84. The van der Waals surface area contributed by atoms with E-state index in [4.69, 9.17) is 9.47 Å². The molecule has 33 heavy (non-hydrogen) atoms. The largest absolute Gasteiger partial charge is 0.497 e. The minimum Gasteiger partial charge on any atom is -0.497 e. The second-order valence-electron chi connectivity index (χ2n) is 9.62. The number of Topliss-reactive ketones (excluding diaryl/α,β-unsaturated/α-hetero) is 1. The number of hydrogen-bond acceptors (Lipinski definition) is 3. The molecular weight excluding hydrogens is 415 g/mol. The maximum absolute atomic E-state index is 14.8. The molecule has 4 heteroatoms. The van der Waals surface area contributed by atoms with Gasteiger partial charge in [-0.15, -0.1) is 0 Å². The fourth-order valence-corrected chi connectivity index (χ4v) is 3.78. The van der Waals surface area contributed by atoms with Crippen molar-refractivity contribution in [3.05, 3.63) is 83.2 Å². The first-order valence-electron chi connectivity index (χ1n) is 11.3. The van der Waals surface area contributed by atoms with E-state index in [1.807, 2.05) is 43.3 Å². The Labute approximate surface area is 196 Å². The molecule has 0 amide bonds. The average Bonchev–Trinajstić information content (AvgIpc) is 2.78. The Morgan fingerprint density at radius 1 is 0.909 bits per heavy atom. The molecule has 0 heterocycles. The van der Waals surface area contributed by atoms with E-state index in [1.165, 1.54) is 6.07 Å². The fourth-order valence-electron chi connectivity index (χ4n) is 3.78. The summed E-state index contributed by atoms with van der Waals surface area (Å²) >= 11 is 0. The van der Waals surface area contributed by atoms with Crippen LogP contribution in [0.15, 0.2) is 60.7 Å². The van der Waals surface area contributed by atoms with Crippen molar-refractivity contribution in [1.82, 2.24) is 0 Å². The lowest BCUT2D eigenvalue weighted by atomic mass is 9.81. The fraction of sp³-hybridized carbons (Fsp3) is 0.345. The lowest BCUT2D eigenvalue weighted by Gasteiger charge is -2.24. The predicted molar refractivity (Wildman–Crippen MR) is 131 cm³/mol. The van der Waals surface area contributed by atoms with E-state index >= 15 is 0 Å². The number of carbonyl (C=O) groups is 1. The van der Waals surface area contributed by atoms with Crippen molar-refractivity contribution in [2.45, 2.75) is 53.1 Å². The third kappa shape index (κ3) is 6.22. The van der Waals surface area contributed by atoms with Crippen LogP contribution in [0.2, 0.25) is 0 Å². The Bertz CT molecular complexity index is 1110. The third-order valence-corrected chi connectivity index (χ3v) is 5.92. The maximum atomic E-state index is 14.8. The molecule has 0 aliphatic rings. The molecule has 0 unspecified atom stereocenters. The highest BCUT2D eigenvalue weighted by Crippen LogP contribution is 2.36. The smallest absolute Gasteiger partial charge is 0.132 e. The van der Waals surface area contributed by atoms with Crippen LogP contribution >= 0.6 is 0 Å². The van der Waals surface area contributed by atoms with Gasteiger partial charge in [-0.05, 0) is 77.4 Å². The zero-order valence-electron chi connectivity index (χ0n) is 20.4. The first-order valence-corrected chi connectivity index (χ1v) is 11.3. The topological polar surface area (TPSA) is 35.5 Å². The molecule has 3 nitrogen and oxygen atoms in total. The van der Waals surface area contributed by atoms with Gasteiger partial charge in [-0.3, -0.25) is 4.79 Å². The SMILES string of the molecule is COc1ccc(F)c(-c2cc(COc3ccc(C[C@H](C)C(C)=O)cc3)ccc2C(C)(C)C)c1. The summed E-state index contributed by atoms with van der Waals surface area (Å²) in [5.41, 5.74) is 4.32. The second-order valence-corrected chi connectivity index (χ2v) is 9.62. The third-order valence-electron chi connectivity index (χ3n) is 5.92. The van der Waals surface area contributed by atoms with Gasteiger partial charge in [0.2, 0.25) is 0 Å². The maximum Gasteiger partial charge on any atom is 0.132 e. The first-order chi connectivity index (χ1) is 15.6. The molecule has 3 aromatic rings. The predicted octanol–water partition coefficient (Wildman–Crippen LogP) is 7.15. The van der Waals surface area contributed by atoms with E-state index in [2.05, 4.69) is 26.8 Å². The summed E-state index contributed by atoms with van der Waals surface area (Å²) in [5.74, 6) is 1.29. The summed E-state index contributed by atoms with van der Waals surface area (Å²) in [6.45, 7) is 10.3. The van der Waals surface area contributed by atoms with Crippen LogP contribution in [0.25, 0.3) is 11.1 Å². The number of carbonyl (C=O) groups excluding carboxylic acids is 1. The quantitative estimate of drug-likeness (QED) is 0.367. The molecule has 174 valence electrons. The van der Waals surface area contributed by atoms with Gasteiger partial charge in [-0.1, -0.05) is 52.0 Å². The highest BCUT2D eigenvalue weighted by atomic mass is 19.1. The van der Waals surface area contributed by atoms with Crippen molar-refractivity contribution < 1.29 is 18.7 Å². The number of methoxy groups -OCH3 is 1. The Hall–Kier alpha value is -3.14. The van der Waals surface area contributed by atoms with Gasteiger partial charge < -0.3 is 9.47 Å². The van der Waals surface area contributed by atoms with Gasteiger partial charge in [0.05, 0.1) is 7.11 Å². The van der Waals surface area contributed by atoms with Crippen molar-refractivity contribution in [2.75, 3.05) is 7.11 Å². The van der Waals surface area contributed by atoms with Crippen LogP contribution in [0, 0.1) is 11.7 Å². The second kappa shape index (κ2) is 10.2. The van der Waals surface area contributed by atoms with Crippen molar-refractivity contribution in [2.24, 2.45) is 5.92 Å². The number of ketones is 1. The van der Waals surface area contributed by atoms with Crippen molar-refractivity contribution in [3.63, 3.8) is 0 Å². The van der Waals surface area contributed by atoms with Gasteiger partial charge in [-0.2, -0.15) is 0 Å². The lowest BCUT2D eigenvalue weighted by molar-refractivity contribution is -0.120. The van der Waals surface area contributed by atoms with E-state index < -0.39 is 0 Å². The highest BCUT2D eigenvalue weighted by Gasteiger charge is 2.21. The van der Waals surface area contributed by atoms with Crippen molar-refractivity contribution >= 4 is 5.78 Å². The molecule has 0 radical (unpaired) electrons. The van der Waals surface area contributed by atoms with Gasteiger partial charge in [0, 0.05) is 11.5 Å². The van der Waals surface area contributed by atoms with Crippen LogP contribution in [0.4, 0.5) is 4.39 Å². The van der Waals surface area contributed by atoms with Crippen LogP contribution in [0.5, 0.6) is 11.5 Å². The van der Waals surface area contributed by atoms with Crippen LogP contribution in [0.3, 0.4) is 0 Å². The van der Waals surface area contributed by atoms with E-state index in [-0.39, 0.29) is 22.9 Å². The minimum atomic E-state index is -0.283. The standard InChI is InChI=1S/C29H33FO3/c1-19(20(2)31)15-21-7-10-23(11-8-21)33-18-22-9-13-27(29(3,4)5)25(16-22)26-17-24(32-6)12-14-28(26)30/h7-14,16-17,19H,15,18H2,1-6H3/t19-/m0/s1. The summed E-state index contributed by atoms with van der Waals surface area (Å²) in [6.07, 6.45) is 0.722. The molecule has 0 saturated heterocycles. The molecular formula is C29H33FO3. The number of ether oxygens (including phenoxy) is 2. The first kappa shape index (κ1) is 24.5. The molecule has 0 spiro atoms. The minimum absolute atomic E-state index is 0.00789. The van der Waals surface area contributed by atoms with E-state index in [0.717, 1.165) is 34.4 Å². The summed E-state index contributed by atoms with van der Waals surface area (Å²) in [7, 11) is 1.58. The average molecular weight is 449 g/mol. The normalized spacial score (nSPS) is 12.3. The van der Waals surface area contributed by atoms with Crippen LogP contribution in [-0.2, 0) is 23.2 Å². The van der Waals surface area contributed by atoms with E-state index in [9.17, 15) is 9.18 Å². The van der Waals surface area contributed by atoms with Crippen molar-refractivity contribution in [1.29, 1.82) is 0 Å². The van der Waals surface area contributed by atoms with E-state index in [0.29, 0.717) is 17.9 Å². The van der Waals surface area contributed by atoms with Crippen LogP contribution in [-0.4, -0.2) is 12.9 Å². The lowest BCUT2D eigenvalue weighted by Crippen LogP contribution is -2.13.